The predicted molar refractivity (Wildman–Crippen MR) is 88.8 cm³/mol. The van der Waals surface area contributed by atoms with E-state index in [0.29, 0.717) is 17.7 Å². The van der Waals surface area contributed by atoms with Gasteiger partial charge in [0, 0.05) is 6.54 Å². The van der Waals surface area contributed by atoms with E-state index in [9.17, 15) is 14.4 Å². The number of allylic oxidation sites excluding steroid dienone is 2. The highest BCUT2D eigenvalue weighted by Crippen LogP contribution is 2.41. The number of hydrogen-bond acceptors (Lipinski definition) is 4. The van der Waals surface area contributed by atoms with E-state index in [2.05, 4.69) is 17.2 Å². The van der Waals surface area contributed by atoms with Crippen LogP contribution in [0.5, 0.6) is 0 Å². The van der Waals surface area contributed by atoms with Crippen LogP contribution in [0.25, 0.3) is 0 Å². The van der Waals surface area contributed by atoms with Gasteiger partial charge in [-0.25, -0.2) is 4.79 Å². The SMILES string of the molecule is C=C(/C=C\C(=C/C)OC)CN(C=O)CC1(C2CC2)NC(=O)NC1=O. The van der Waals surface area contributed by atoms with Crippen LogP contribution in [0.4, 0.5) is 4.79 Å². The topological polar surface area (TPSA) is 87.7 Å². The molecule has 1 saturated carbocycles. The van der Waals surface area contributed by atoms with E-state index in [-0.39, 0.29) is 24.9 Å². The van der Waals surface area contributed by atoms with Crippen molar-refractivity contribution < 1.29 is 19.1 Å². The Labute approximate surface area is 141 Å². The number of urea groups is 1. The summed E-state index contributed by atoms with van der Waals surface area (Å²) in [7, 11) is 1.57. The number of nitrogens with zero attached hydrogens (tertiary/aromatic N) is 1. The predicted octanol–water partition coefficient (Wildman–Crippen LogP) is 1.10. The first kappa shape index (κ1) is 17.8. The molecule has 0 radical (unpaired) electrons. The van der Waals surface area contributed by atoms with E-state index in [4.69, 9.17) is 4.74 Å². The molecule has 2 aliphatic rings. The number of ether oxygens (including phenoxy) is 1. The molecule has 1 unspecified atom stereocenters. The molecule has 0 aromatic heterocycles. The van der Waals surface area contributed by atoms with Gasteiger partial charge in [0.15, 0.2) is 0 Å². The molecule has 0 spiro atoms. The summed E-state index contributed by atoms with van der Waals surface area (Å²) >= 11 is 0. The molecule has 1 heterocycles. The number of amides is 4. The number of hydrogen-bond donors (Lipinski definition) is 2. The van der Waals surface area contributed by atoms with Crippen molar-refractivity contribution in [1.82, 2.24) is 15.5 Å². The van der Waals surface area contributed by atoms with Crippen molar-refractivity contribution in [3.05, 3.63) is 36.1 Å². The largest absolute Gasteiger partial charge is 0.497 e. The first-order chi connectivity index (χ1) is 11.4. The minimum Gasteiger partial charge on any atom is -0.497 e. The second-order valence-electron chi connectivity index (χ2n) is 6.05. The van der Waals surface area contributed by atoms with Crippen molar-refractivity contribution in [3.8, 4) is 0 Å². The van der Waals surface area contributed by atoms with Gasteiger partial charge in [-0.15, -0.1) is 0 Å². The lowest BCUT2D eigenvalue weighted by atomic mass is 9.92. The highest BCUT2D eigenvalue weighted by Gasteiger charge is 2.56. The zero-order chi connectivity index (χ0) is 17.7. The van der Waals surface area contributed by atoms with E-state index >= 15 is 0 Å². The highest BCUT2D eigenvalue weighted by atomic mass is 16.5. The van der Waals surface area contributed by atoms with Crippen LogP contribution in [0.15, 0.2) is 36.1 Å². The van der Waals surface area contributed by atoms with Gasteiger partial charge in [0.25, 0.3) is 5.91 Å². The van der Waals surface area contributed by atoms with Gasteiger partial charge in [-0.1, -0.05) is 12.7 Å². The lowest BCUT2D eigenvalue weighted by Gasteiger charge is -2.31. The minimum atomic E-state index is -1.02. The Morgan fingerprint density at radius 2 is 2.12 bits per heavy atom. The van der Waals surface area contributed by atoms with Gasteiger partial charge in [-0.3, -0.25) is 14.9 Å². The molecule has 1 aliphatic carbocycles. The zero-order valence-corrected chi connectivity index (χ0v) is 14.0. The Hall–Kier alpha value is -2.57. The molecule has 130 valence electrons. The third-order valence-corrected chi connectivity index (χ3v) is 4.25. The van der Waals surface area contributed by atoms with E-state index in [1.165, 1.54) is 4.90 Å². The van der Waals surface area contributed by atoms with Crippen LogP contribution < -0.4 is 10.6 Å². The Balaban J connectivity index is 2.03. The fourth-order valence-electron chi connectivity index (χ4n) is 2.86. The smallest absolute Gasteiger partial charge is 0.322 e. The molecule has 1 aliphatic heterocycles. The summed E-state index contributed by atoms with van der Waals surface area (Å²) in [5.41, 5.74) is -0.336. The lowest BCUT2D eigenvalue weighted by molar-refractivity contribution is -0.127. The highest BCUT2D eigenvalue weighted by molar-refractivity contribution is 6.07. The van der Waals surface area contributed by atoms with Gasteiger partial charge < -0.3 is 15.0 Å². The minimum absolute atomic E-state index is 0.0679. The van der Waals surface area contributed by atoms with Crippen LogP contribution in [0.2, 0.25) is 0 Å². The maximum absolute atomic E-state index is 12.2. The normalized spacial score (nSPS) is 23.8. The van der Waals surface area contributed by atoms with Crippen molar-refractivity contribution in [2.24, 2.45) is 5.92 Å². The molecule has 4 amide bonds. The third kappa shape index (κ3) is 3.84. The monoisotopic (exact) mass is 333 g/mol. The summed E-state index contributed by atoms with van der Waals surface area (Å²) in [4.78, 5) is 36.6. The quantitative estimate of drug-likeness (QED) is 0.286. The van der Waals surface area contributed by atoms with Crippen LogP contribution in [-0.2, 0) is 14.3 Å². The van der Waals surface area contributed by atoms with Gasteiger partial charge >= 0.3 is 6.03 Å². The Bertz CT molecular complexity index is 607. The summed E-state index contributed by atoms with van der Waals surface area (Å²) in [5.74, 6) is 0.391. The van der Waals surface area contributed by atoms with Gasteiger partial charge in [0.2, 0.25) is 6.41 Å². The molecule has 2 N–H and O–H groups in total. The lowest BCUT2D eigenvalue weighted by Crippen LogP contribution is -2.57. The number of carbonyl (C=O) groups excluding carboxylic acids is 3. The van der Waals surface area contributed by atoms with Crippen molar-refractivity contribution in [3.63, 3.8) is 0 Å². The summed E-state index contributed by atoms with van der Waals surface area (Å²) in [6.07, 6.45) is 7.72. The van der Waals surface area contributed by atoms with Crippen molar-refractivity contribution in [1.29, 1.82) is 0 Å². The number of imide groups is 1. The fraction of sp³-hybridized carbons (Fsp3) is 0.471. The molecule has 24 heavy (non-hydrogen) atoms. The summed E-state index contributed by atoms with van der Waals surface area (Å²) in [6, 6.07) is -0.505. The van der Waals surface area contributed by atoms with Crippen LogP contribution >= 0.6 is 0 Å². The Kier molecular flexibility index (Phi) is 5.43. The summed E-state index contributed by atoms with van der Waals surface area (Å²) < 4.78 is 5.12. The second kappa shape index (κ2) is 7.33. The van der Waals surface area contributed by atoms with Crippen LogP contribution in [-0.4, -0.2) is 49.0 Å². The second-order valence-corrected chi connectivity index (χ2v) is 6.05. The van der Waals surface area contributed by atoms with Crippen LogP contribution in [0.3, 0.4) is 0 Å². The summed E-state index contributed by atoms with van der Waals surface area (Å²) in [5, 5.41) is 4.98. The molecule has 2 fully saturated rings. The van der Waals surface area contributed by atoms with E-state index in [1.807, 2.05) is 13.0 Å². The first-order valence-electron chi connectivity index (χ1n) is 7.84. The van der Waals surface area contributed by atoms with Gasteiger partial charge in [0.05, 0.1) is 13.7 Å². The molecule has 7 nitrogen and oxygen atoms in total. The Morgan fingerprint density at radius 1 is 1.42 bits per heavy atom. The molecule has 2 rings (SSSR count). The molecule has 0 bridgehead atoms. The van der Waals surface area contributed by atoms with Crippen molar-refractivity contribution >= 4 is 18.3 Å². The standard InChI is InChI=1S/C17H23N3O4/c1-4-14(24-3)8-5-12(2)9-20(11-21)10-17(13-6-7-13)15(22)18-16(23)19-17/h4-5,8,11,13H,2,6-7,9-10H2,1,3H3,(H2,18,19,22,23)/b8-5-,14-4+. The molecule has 0 aromatic carbocycles. The number of nitrogens with one attached hydrogen (secondary N) is 2. The van der Waals surface area contributed by atoms with Gasteiger partial charge in [-0.05, 0) is 43.4 Å². The number of methoxy groups -OCH3 is 1. The van der Waals surface area contributed by atoms with E-state index in [1.54, 1.807) is 19.3 Å². The third-order valence-electron chi connectivity index (χ3n) is 4.25. The van der Waals surface area contributed by atoms with E-state index in [0.717, 1.165) is 12.8 Å². The molecular weight excluding hydrogens is 310 g/mol. The Morgan fingerprint density at radius 3 is 2.58 bits per heavy atom. The van der Waals surface area contributed by atoms with Gasteiger partial charge in [0.1, 0.15) is 11.3 Å². The van der Waals surface area contributed by atoms with Crippen molar-refractivity contribution in [2.75, 3.05) is 20.2 Å². The van der Waals surface area contributed by atoms with E-state index < -0.39 is 11.6 Å². The maximum atomic E-state index is 12.2. The van der Waals surface area contributed by atoms with Crippen molar-refractivity contribution in [2.45, 2.75) is 25.3 Å². The number of rotatable bonds is 9. The zero-order valence-electron chi connectivity index (χ0n) is 14.0. The molecule has 1 atom stereocenters. The average Bonchev–Trinajstić information content (AvgIpc) is 3.35. The average molecular weight is 333 g/mol. The first-order valence-corrected chi connectivity index (χ1v) is 7.84. The fourth-order valence-corrected chi connectivity index (χ4v) is 2.86. The van der Waals surface area contributed by atoms with Crippen LogP contribution in [0, 0.1) is 5.92 Å². The molecule has 1 saturated heterocycles. The molecular formula is C17H23N3O4. The molecule has 0 aromatic rings. The summed E-state index contributed by atoms with van der Waals surface area (Å²) in [6.45, 7) is 6.16. The molecule has 7 heteroatoms. The van der Waals surface area contributed by atoms with Gasteiger partial charge in [-0.2, -0.15) is 0 Å². The number of carbonyl (C=O) groups is 3. The maximum Gasteiger partial charge on any atom is 0.322 e. The van der Waals surface area contributed by atoms with Crippen LogP contribution in [0.1, 0.15) is 19.8 Å².